The van der Waals surface area contributed by atoms with Crippen LogP contribution in [0.5, 0.6) is 0 Å². The van der Waals surface area contributed by atoms with Gasteiger partial charge in [-0.05, 0) is 17.7 Å². The van der Waals surface area contributed by atoms with Gasteiger partial charge < -0.3 is 4.98 Å². The van der Waals surface area contributed by atoms with Crippen LogP contribution in [0, 0.1) is 17.8 Å². The van der Waals surface area contributed by atoms with Crippen molar-refractivity contribution in [2.24, 2.45) is 0 Å². The average molecular weight is 155 g/mol. The largest absolute Gasteiger partial charge is 0.361 e. The first-order valence-electron chi connectivity index (χ1n) is 3.71. The molecule has 0 fully saturated rings. The molecule has 1 aromatic carbocycles. The molecule has 1 aromatic heterocycles. The van der Waals surface area contributed by atoms with Crippen molar-refractivity contribution in [3.05, 3.63) is 42.4 Å². The molecule has 0 bridgehead atoms. The molecule has 0 aliphatic carbocycles. The Hall–Kier alpha value is -1.75. The first kappa shape index (κ1) is 6.93. The number of benzene rings is 1. The Kier molecular flexibility index (Phi) is 1.56. The first-order chi connectivity index (χ1) is 5.92. The van der Waals surface area contributed by atoms with E-state index in [0.29, 0.717) is 0 Å². The van der Waals surface area contributed by atoms with Gasteiger partial charge in [0.25, 0.3) is 0 Å². The number of hydrogen-bond acceptors (Lipinski definition) is 1. The Morgan fingerprint density at radius 3 is 3.08 bits per heavy atom. The minimum Gasteiger partial charge on any atom is -0.361 e. The second-order valence-electron chi connectivity index (χ2n) is 2.56. The Morgan fingerprint density at radius 2 is 2.25 bits per heavy atom. The molecule has 0 aliphatic rings. The normalized spacial score (nSPS) is 9.92. The van der Waals surface area contributed by atoms with E-state index in [1.807, 2.05) is 36.5 Å². The fourth-order valence-corrected chi connectivity index (χ4v) is 1.31. The summed E-state index contributed by atoms with van der Waals surface area (Å²) in [5.74, 6) is 0. The molecule has 0 aliphatic heterocycles. The number of nitrogens with zero attached hydrogens (tertiary/aromatic N) is 1. The summed E-state index contributed by atoms with van der Waals surface area (Å²) in [4.78, 5) is 3.09. The van der Waals surface area contributed by atoms with Gasteiger partial charge in [-0.1, -0.05) is 12.1 Å². The summed E-state index contributed by atoms with van der Waals surface area (Å²) in [7, 11) is 0. The number of fused-ring (bicyclic) bond motifs is 1. The van der Waals surface area contributed by atoms with E-state index in [0.717, 1.165) is 16.5 Å². The molecular weight excluding hydrogens is 148 g/mol. The lowest BCUT2D eigenvalue weighted by Gasteiger charge is -1.95. The number of rotatable bonds is 1. The number of nitrogens with one attached hydrogen (secondary N) is 1. The quantitative estimate of drug-likeness (QED) is 0.674. The highest BCUT2D eigenvalue weighted by Crippen LogP contribution is 2.17. The molecule has 12 heavy (non-hydrogen) atoms. The lowest BCUT2D eigenvalue weighted by atomic mass is 10.1. The Balaban J connectivity index is 2.67. The topological polar surface area (TPSA) is 39.6 Å². The van der Waals surface area contributed by atoms with Crippen LogP contribution >= 0.6 is 0 Å². The molecule has 1 heterocycles. The maximum atomic E-state index is 8.50. The fraction of sp³-hybridized carbons (Fsp3) is 0. The van der Waals surface area contributed by atoms with Crippen molar-refractivity contribution in [2.45, 2.75) is 0 Å². The van der Waals surface area contributed by atoms with Crippen molar-refractivity contribution in [2.75, 3.05) is 0 Å². The predicted octanol–water partition coefficient (Wildman–Crippen LogP) is 2.24. The lowest BCUT2D eigenvalue weighted by molar-refractivity contribution is 1.46. The highest BCUT2D eigenvalue weighted by Gasteiger charge is 1.99. The van der Waals surface area contributed by atoms with E-state index in [2.05, 4.69) is 4.98 Å². The highest BCUT2D eigenvalue weighted by atomic mass is 14.7. The van der Waals surface area contributed by atoms with Crippen LogP contribution in [0.1, 0.15) is 5.56 Å². The zero-order valence-electron chi connectivity index (χ0n) is 6.41. The average Bonchev–Trinajstić information content (AvgIpc) is 2.53. The number of H-pyrrole nitrogens is 1. The van der Waals surface area contributed by atoms with E-state index < -0.39 is 0 Å². The molecule has 1 N–H and O–H groups in total. The Bertz CT molecular complexity index is 434. The summed E-state index contributed by atoms with van der Waals surface area (Å²) in [5, 5.41) is 9.60. The van der Waals surface area contributed by atoms with Gasteiger partial charge in [0.1, 0.15) is 0 Å². The molecule has 2 nitrogen and oxygen atoms in total. The molecule has 0 saturated carbocycles. The lowest BCUT2D eigenvalue weighted by Crippen LogP contribution is -1.78. The van der Waals surface area contributed by atoms with Crippen LogP contribution in [0.3, 0.4) is 0 Å². The van der Waals surface area contributed by atoms with Crippen molar-refractivity contribution in [1.29, 1.82) is 5.26 Å². The van der Waals surface area contributed by atoms with Gasteiger partial charge in [-0.15, -0.1) is 0 Å². The third-order valence-corrected chi connectivity index (χ3v) is 1.85. The van der Waals surface area contributed by atoms with Crippen LogP contribution in [0.4, 0.5) is 0 Å². The monoisotopic (exact) mass is 155 g/mol. The number of aromatic nitrogens is 1. The minimum atomic E-state index is 0.969. The van der Waals surface area contributed by atoms with E-state index in [9.17, 15) is 0 Å². The summed E-state index contributed by atoms with van der Waals surface area (Å²) in [5.41, 5.74) is 2.04. The molecule has 2 aromatic rings. The Morgan fingerprint density at radius 1 is 1.33 bits per heavy atom. The molecule has 57 valence electrons. The van der Waals surface area contributed by atoms with E-state index in [-0.39, 0.29) is 0 Å². The molecule has 0 saturated heterocycles. The van der Waals surface area contributed by atoms with E-state index in [1.165, 1.54) is 0 Å². The van der Waals surface area contributed by atoms with Gasteiger partial charge >= 0.3 is 0 Å². The second-order valence-corrected chi connectivity index (χ2v) is 2.56. The van der Waals surface area contributed by atoms with E-state index in [1.54, 1.807) is 6.42 Å². The van der Waals surface area contributed by atoms with Gasteiger partial charge in [0, 0.05) is 17.1 Å². The van der Waals surface area contributed by atoms with Crippen LogP contribution in [0.25, 0.3) is 10.9 Å². The van der Waals surface area contributed by atoms with Crippen LogP contribution in [-0.4, -0.2) is 4.98 Å². The van der Waals surface area contributed by atoms with Crippen molar-refractivity contribution >= 4 is 10.9 Å². The SMILES string of the molecule is N#C[CH]c1cccc2[nH]ccc12. The second kappa shape index (κ2) is 2.71. The summed E-state index contributed by atoms with van der Waals surface area (Å²) in [6, 6.07) is 9.85. The van der Waals surface area contributed by atoms with Gasteiger partial charge in [0.05, 0.1) is 12.5 Å². The molecule has 0 unspecified atom stereocenters. The van der Waals surface area contributed by atoms with Gasteiger partial charge in [0.2, 0.25) is 0 Å². The van der Waals surface area contributed by atoms with Gasteiger partial charge in [0.15, 0.2) is 0 Å². The van der Waals surface area contributed by atoms with Crippen molar-refractivity contribution in [1.82, 2.24) is 4.98 Å². The fourth-order valence-electron chi connectivity index (χ4n) is 1.31. The van der Waals surface area contributed by atoms with Gasteiger partial charge in [-0.2, -0.15) is 5.26 Å². The number of aromatic amines is 1. The Labute approximate surface area is 70.4 Å². The number of hydrogen-bond donors (Lipinski definition) is 1. The zero-order chi connectivity index (χ0) is 8.39. The van der Waals surface area contributed by atoms with Crippen LogP contribution in [-0.2, 0) is 0 Å². The molecular formula is C10H7N2. The standard InChI is InChI=1S/C10H7N2/c11-6-4-8-2-1-3-10-9(8)5-7-12-10/h1-5,7,12H. The molecule has 2 rings (SSSR count). The smallest absolute Gasteiger partial charge is 0.0918 e. The number of nitriles is 1. The summed E-state index contributed by atoms with van der Waals surface area (Å²) in [6.45, 7) is 0. The van der Waals surface area contributed by atoms with Gasteiger partial charge in [-0.25, -0.2) is 0 Å². The third kappa shape index (κ3) is 0.960. The molecule has 2 heteroatoms. The highest BCUT2D eigenvalue weighted by molar-refractivity contribution is 5.84. The predicted molar refractivity (Wildman–Crippen MR) is 47.3 cm³/mol. The van der Waals surface area contributed by atoms with Crippen LogP contribution in [0.15, 0.2) is 30.5 Å². The summed E-state index contributed by atoms with van der Waals surface area (Å²) >= 11 is 0. The van der Waals surface area contributed by atoms with Gasteiger partial charge in [-0.3, -0.25) is 0 Å². The molecule has 0 spiro atoms. The van der Waals surface area contributed by atoms with Crippen LogP contribution < -0.4 is 0 Å². The maximum absolute atomic E-state index is 8.50. The van der Waals surface area contributed by atoms with E-state index >= 15 is 0 Å². The van der Waals surface area contributed by atoms with E-state index in [4.69, 9.17) is 5.26 Å². The summed E-state index contributed by atoms with van der Waals surface area (Å²) in [6.07, 6.45) is 3.43. The molecule has 1 radical (unpaired) electrons. The van der Waals surface area contributed by atoms with Crippen LogP contribution in [0.2, 0.25) is 0 Å². The summed E-state index contributed by atoms with van der Waals surface area (Å²) < 4.78 is 0. The molecule has 0 atom stereocenters. The minimum absolute atomic E-state index is 0.969. The van der Waals surface area contributed by atoms with Crippen molar-refractivity contribution in [3.8, 4) is 6.07 Å². The first-order valence-corrected chi connectivity index (χ1v) is 3.71. The zero-order valence-corrected chi connectivity index (χ0v) is 6.41. The van der Waals surface area contributed by atoms with Crippen molar-refractivity contribution < 1.29 is 0 Å². The maximum Gasteiger partial charge on any atom is 0.0918 e. The van der Waals surface area contributed by atoms with Crippen molar-refractivity contribution in [3.63, 3.8) is 0 Å². The molecule has 0 amide bonds. The third-order valence-electron chi connectivity index (χ3n) is 1.85.